The van der Waals surface area contributed by atoms with E-state index in [1.54, 1.807) is 6.20 Å². The second kappa shape index (κ2) is 5.97. The van der Waals surface area contributed by atoms with Gasteiger partial charge in [-0.1, -0.05) is 6.07 Å². The molecule has 7 heteroatoms. The molecule has 0 aromatic carbocycles. The summed E-state index contributed by atoms with van der Waals surface area (Å²) in [6.07, 6.45) is 3.58. The molecule has 1 aliphatic heterocycles. The first-order chi connectivity index (χ1) is 8.62. The van der Waals surface area contributed by atoms with E-state index < -0.39 is 10.0 Å². The lowest BCUT2D eigenvalue weighted by Gasteiger charge is -2.33. The summed E-state index contributed by atoms with van der Waals surface area (Å²) in [5.74, 6) is 0. The zero-order chi connectivity index (χ0) is 13.0. The lowest BCUT2D eigenvalue weighted by molar-refractivity contribution is 0.182. The number of rotatable bonds is 4. The molecule has 0 bridgehead atoms. The lowest BCUT2D eigenvalue weighted by Crippen LogP contribution is -2.48. The fourth-order valence-corrected chi connectivity index (χ4v) is 3.26. The van der Waals surface area contributed by atoms with Gasteiger partial charge in [0.15, 0.2) is 0 Å². The monoisotopic (exact) mass is 289 g/mol. The lowest BCUT2D eigenvalue weighted by atomic mass is 10.2. The molecule has 1 aliphatic rings. The normalized spacial score (nSPS) is 18.9. The number of alkyl halides is 1. The highest BCUT2D eigenvalue weighted by Gasteiger charge is 2.25. The minimum Gasteiger partial charge on any atom is -0.296 e. The fraction of sp³-hybridized carbons (Fsp3) is 0.545. The third-order valence-corrected chi connectivity index (χ3v) is 5.25. The van der Waals surface area contributed by atoms with Gasteiger partial charge in [-0.25, -0.2) is 8.42 Å². The van der Waals surface area contributed by atoms with Crippen molar-refractivity contribution in [2.75, 3.05) is 31.4 Å². The first kappa shape index (κ1) is 13.7. The molecule has 5 nitrogen and oxygen atoms in total. The molecule has 0 saturated carbocycles. The molecule has 1 aromatic rings. The minimum atomic E-state index is -3.26. The maximum absolute atomic E-state index is 11.6. The number of halogens is 1. The average molecular weight is 290 g/mol. The van der Waals surface area contributed by atoms with Gasteiger partial charge in [0, 0.05) is 45.1 Å². The molecule has 2 heterocycles. The Hall–Kier alpha value is -0.690. The van der Waals surface area contributed by atoms with Crippen LogP contribution in [0, 0.1) is 0 Å². The van der Waals surface area contributed by atoms with Crippen molar-refractivity contribution in [2.24, 2.45) is 0 Å². The number of hydrogen-bond donors (Lipinski definition) is 0. The van der Waals surface area contributed by atoms with Gasteiger partial charge in [0.1, 0.15) is 5.21 Å². The van der Waals surface area contributed by atoms with Crippen LogP contribution < -0.4 is 0 Å². The number of pyridine rings is 1. The fourth-order valence-electron chi connectivity index (χ4n) is 1.98. The number of hydrogen-bond acceptors (Lipinski definition) is 4. The van der Waals surface area contributed by atoms with E-state index in [-0.39, 0.29) is 5.21 Å². The molecule has 0 aliphatic carbocycles. The predicted molar refractivity (Wildman–Crippen MR) is 70.7 cm³/mol. The van der Waals surface area contributed by atoms with Crippen molar-refractivity contribution in [3.63, 3.8) is 0 Å². The molecule has 0 amide bonds. The topological polar surface area (TPSA) is 53.5 Å². The number of piperazine rings is 1. The molecule has 100 valence electrons. The summed E-state index contributed by atoms with van der Waals surface area (Å²) in [5, 5.41) is -0.338. The molecule has 18 heavy (non-hydrogen) atoms. The molecule has 0 spiro atoms. The smallest absolute Gasteiger partial charge is 0.228 e. The molecular weight excluding hydrogens is 274 g/mol. The molecule has 0 unspecified atom stereocenters. The summed E-state index contributed by atoms with van der Waals surface area (Å²) in [6.45, 7) is 3.28. The van der Waals surface area contributed by atoms with Crippen molar-refractivity contribution in [2.45, 2.75) is 6.54 Å². The van der Waals surface area contributed by atoms with Crippen LogP contribution in [0.3, 0.4) is 0 Å². The van der Waals surface area contributed by atoms with E-state index >= 15 is 0 Å². The van der Waals surface area contributed by atoms with Crippen LogP contribution in [0.4, 0.5) is 0 Å². The van der Waals surface area contributed by atoms with Gasteiger partial charge in [-0.3, -0.25) is 9.88 Å². The van der Waals surface area contributed by atoms with Crippen LogP contribution in [0.5, 0.6) is 0 Å². The molecule has 0 N–H and O–H groups in total. The van der Waals surface area contributed by atoms with Crippen molar-refractivity contribution < 1.29 is 8.42 Å². The number of aromatic nitrogens is 1. The van der Waals surface area contributed by atoms with E-state index in [9.17, 15) is 8.42 Å². The quantitative estimate of drug-likeness (QED) is 0.767. The van der Waals surface area contributed by atoms with Crippen LogP contribution in [-0.2, 0) is 16.6 Å². The molecule has 1 fully saturated rings. The van der Waals surface area contributed by atoms with Gasteiger partial charge in [0.05, 0.1) is 0 Å². The maximum Gasteiger partial charge on any atom is 0.228 e. The summed E-state index contributed by atoms with van der Waals surface area (Å²) in [6, 6.07) is 3.93. The summed E-state index contributed by atoms with van der Waals surface area (Å²) >= 11 is 5.44. The zero-order valence-corrected chi connectivity index (χ0v) is 11.6. The highest BCUT2D eigenvalue weighted by molar-refractivity contribution is 7.90. The maximum atomic E-state index is 11.6. The second-order valence-electron chi connectivity index (χ2n) is 4.26. The van der Waals surface area contributed by atoms with Crippen LogP contribution >= 0.6 is 11.6 Å². The van der Waals surface area contributed by atoms with Gasteiger partial charge in [-0.05, 0) is 11.6 Å². The molecule has 2 rings (SSSR count). The van der Waals surface area contributed by atoms with Crippen LogP contribution in [0.25, 0.3) is 0 Å². The molecule has 0 radical (unpaired) electrons. The summed E-state index contributed by atoms with van der Waals surface area (Å²) in [4.78, 5) is 6.29. The van der Waals surface area contributed by atoms with Gasteiger partial charge < -0.3 is 0 Å². The number of nitrogens with zero attached hydrogens (tertiary/aromatic N) is 3. The van der Waals surface area contributed by atoms with E-state index in [1.807, 2.05) is 18.3 Å². The van der Waals surface area contributed by atoms with Crippen molar-refractivity contribution in [3.8, 4) is 0 Å². The van der Waals surface area contributed by atoms with Gasteiger partial charge in [-0.2, -0.15) is 4.31 Å². The van der Waals surface area contributed by atoms with E-state index in [0.29, 0.717) is 13.1 Å². The molecule has 1 aromatic heterocycles. The Morgan fingerprint density at radius 1 is 1.28 bits per heavy atom. The Bertz CT molecular complexity index is 472. The third kappa shape index (κ3) is 3.41. The first-order valence-corrected chi connectivity index (χ1v) is 7.91. The van der Waals surface area contributed by atoms with Crippen LogP contribution in [0.1, 0.15) is 5.56 Å². The third-order valence-electron chi connectivity index (χ3n) is 2.99. The largest absolute Gasteiger partial charge is 0.296 e. The highest BCUT2D eigenvalue weighted by Crippen LogP contribution is 2.11. The molecule has 1 saturated heterocycles. The van der Waals surface area contributed by atoms with E-state index in [2.05, 4.69) is 9.88 Å². The number of sulfonamides is 1. The molecule has 0 atom stereocenters. The van der Waals surface area contributed by atoms with E-state index in [1.165, 1.54) is 4.31 Å². The first-order valence-electron chi connectivity index (χ1n) is 5.77. The minimum absolute atomic E-state index is 0.338. The average Bonchev–Trinajstić information content (AvgIpc) is 2.40. The summed E-state index contributed by atoms with van der Waals surface area (Å²) in [5.41, 5.74) is 1.14. The van der Waals surface area contributed by atoms with Crippen molar-refractivity contribution >= 4 is 21.6 Å². The Morgan fingerprint density at radius 2 is 2.00 bits per heavy atom. The Labute approximate surface area is 112 Å². The summed E-state index contributed by atoms with van der Waals surface area (Å²) < 4.78 is 24.6. The van der Waals surface area contributed by atoms with Gasteiger partial charge >= 0.3 is 0 Å². The Kier molecular flexibility index (Phi) is 4.55. The summed E-state index contributed by atoms with van der Waals surface area (Å²) in [7, 11) is -3.26. The van der Waals surface area contributed by atoms with Gasteiger partial charge in [0.25, 0.3) is 0 Å². The van der Waals surface area contributed by atoms with Crippen molar-refractivity contribution in [3.05, 3.63) is 30.1 Å². The van der Waals surface area contributed by atoms with E-state index in [4.69, 9.17) is 11.6 Å². The van der Waals surface area contributed by atoms with Crippen LogP contribution in [0.15, 0.2) is 24.5 Å². The van der Waals surface area contributed by atoms with Gasteiger partial charge in [-0.15, -0.1) is 11.6 Å². The van der Waals surface area contributed by atoms with Crippen LogP contribution in [0.2, 0.25) is 0 Å². The van der Waals surface area contributed by atoms with Crippen LogP contribution in [-0.4, -0.2) is 54.0 Å². The zero-order valence-electron chi connectivity index (χ0n) is 10.00. The Balaban J connectivity index is 1.88. The van der Waals surface area contributed by atoms with Gasteiger partial charge in [0.2, 0.25) is 10.0 Å². The predicted octanol–water partition coefficient (Wildman–Crippen LogP) is 0.725. The van der Waals surface area contributed by atoms with Crippen molar-refractivity contribution in [1.29, 1.82) is 0 Å². The van der Waals surface area contributed by atoms with Crippen molar-refractivity contribution in [1.82, 2.24) is 14.2 Å². The van der Waals surface area contributed by atoms with E-state index in [0.717, 1.165) is 25.2 Å². The second-order valence-corrected chi connectivity index (χ2v) is 6.81. The molecular formula is C11H16ClN3O2S. The standard InChI is InChI=1S/C11H16ClN3O2S/c12-10-18(16,17)15-6-4-14(5-7-15)9-11-2-1-3-13-8-11/h1-3,8H,4-7,9-10H2. The Morgan fingerprint density at radius 3 is 2.56 bits per heavy atom. The highest BCUT2D eigenvalue weighted by atomic mass is 35.5. The SMILES string of the molecule is O=S(=O)(CCl)N1CCN(Cc2cccnc2)CC1.